The summed E-state index contributed by atoms with van der Waals surface area (Å²) < 4.78 is 26.3. The third-order valence-electron chi connectivity index (χ3n) is 6.41. The minimum Gasteiger partial charge on any atom is -0.489 e. The molecule has 39 heavy (non-hydrogen) atoms. The van der Waals surface area contributed by atoms with E-state index >= 15 is 0 Å². The number of rotatable bonds is 7. The first-order valence-corrected chi connectivity index (χ1v) is 13.4. The van der Waals surface area contributed by atoms with Gasteiger partial charge in [-0.2, -0.15) is 0 Å². The highest BCUT2D eigenvalue weighted by Gasteiger charge is 2.33. The maximum atomic E-state index is 13.7. The maximum Gasteiger partial charge on any atom is 0.338 e. The summed E-state index contributed by atoms with van der Waals surface area (Å²) in [7, 11) is 0. The Balaban J connectivity index is 1.48. The molecule has 2 heterocycles. The Kier molecular flexibility index (Phi) is 7.56. The smallest absolute Gasteiger partial charge is 0.338 e. The summed E-state index contributed by atoms with van der Waals surface area (Å²) in [6.45, 7) is 6.06. The number of fused-ring (bicyclic) bond motifs is 1. The number of ether oxygens (including phenoxy) is 2. The fourth-order valence-corrected chi connectivity index (χ4v) is 5.46. The Morgan fingerprint density at radius 2 is 1.72 bits per heavy atom. The lowest BCUT2D eigenvalue weighted by molar-refractivity contribution is -0.139. The summed E-state index contributed by atoms with van der Waals surface area (Å²) in [5.41, 5.74) is 4.25. The van der Waals surface area contributed by atoms with Crippen molar-refractivity contribution in [1.82, 2.24) is 4.57 Å². The summed E-state index contributed by atoms with van der Waals surface area (Å²) in [6, 6.07) is 20.7. The fraction of sp³-hybridized carbons (Fsp3) is 0.194. The average molecular weight is 543 g/mol. The van der Waals surface area contributed by atoms with Crippen LogP contribution in [0.3, 0.4) is 0 Å². The topological polar surface area (TPSA) is 69.9 Å². The van der Waals surface area contributed by atoms with Crippen LogP contribution in [-0.4, -0.2) is 17.1 Å². The van der Waals surface area contributed by atoms with Crippen molar-refractivity contribution in [3.8, 4) is 5.75 Å². The number of esters is 1. The predicted molar refractivity (Wildman–Crippen MR) is 149 cm³/mol. The summed E-state index contributed by atoms with van der Waals surface area (Å²) in [4.78, 5) is 31.8. The van der Waals surface area contributed by atoms with E-state index in [2.05, 4.69) is 4.99 Å². The molecule has 0 fully saturated rings. The van der Waals surface area contributed by atoms with Gasteiger partial charge in [0, 0.05) is 0 Å². The molecule has 198 valence electrons. The van der Waals surface area contributed by atoms with Crippen LogP contribution in [0, 0.1) is 12.7 Å². The number of halogens is 1. The van der Waals surface area contributed by atoms with Crippen LogP contribution in [0.2, 0.25) is 0 Å². The zero-order valence-corrected chi connectivity index (χ0v) is 22.6. The van der Waals surface area contributed by atoms with E-state index in [1.54, 1.807) is 30.5 Å². The SMILES string of the molecule is CCOC(=O)C1=C(C)N=c2s/c(=C/c3ccc(OCc4ccc(F)cc4)cc3)c(=O)n2[C@@H]1c1ccc(C)cc1. The van der Waals surface area contributed by atoms with E-state index in [0.717, 1.165) is 22.3 Å². The van der Waals surface area contributed by atoms with Gasteiger partial charge >= 0.3 is 5.97 Å². The van der Waals surface area contributed by atoms with Crippen molar-refractivity contribution in [2.24, 2.45) is 4.99 Å². The normalized spacial score (nSPS) is 15.1. The predicted octanol–water partition coefficient (Wildman–Crippen LogP) is 4.82. The number of allylic oxidation sites excluding steroid dienone is 1. The van der Waals surface area contributed by atoms with Gasteiger partial charge in [-0.3, -0.25) is 9.36 Å². The molecule has 5 rings (SSSR count). The minimum absolute atomic E-state index is 0.226. The Morgan fingerprint density at radius 1 is 1.03 bits per heavy atom. The zero-order valence-electron chi connectivity index (χ0n) is 21.8. The van der Waals surface area contributed by atoms with Crippen LogP contribution >= 0.6 is 11.3 Å². The number of thiazole rings is 1. The molecule has 4 aromatic rings. The molecular formula is C31H27FN2O4S. The monoisotopic (exact) mass is 542 g/mol. The molecule has 0 spiro atoms. The van der Waals surface area contributed by atoms with Gasteiger partial charge in [-0.15, -0.1) is 0 Å². The third-order valence-corrected chi connectivity index (χ3v) is 7.39. The number of nitrogens with zero attached hydrogens (tertiary/aromatic N) is 2. The van der Waals surface area contributed by atoms with E-state index in [1.807, 2.05) is 61.5 Å². The van der Waals surface area contributed by atoms with Crippen LogP contribution in [0.5, 0.6) is 5.75 Å². The maximum absolute atomic E-state index is 13.7. The molecule has 0 radical (unpaired) electrons. The van der Waals surface area contributed by atoms with E-state index in [0.29, 0.717) is 33.0 Å². The van der Waals surface area contributed by atoms with Crippen molar-refractivity contribution in [3.63, 3.8) is 0 Å². The molecule has 0 aliphatic carbocycles. The Morgan fingerprint density at radius 3 is 2.38 bits per heavy atom. The number of carbonyl (C=O) groups excluding carboxylic acids is 1. The van der Waals surface area contributed by atoms with Crippen molar-refractivity contribution in [3.05, 3.63) is 132 Å². The molecule has 1 atom stereocenters. The van der Waals surface area contributed by atoms with Gasteiger partial charge in [0.2, 0.25) is 0 Å². The Hall–Kier alpha value is -4.30. The first kappa shape index (κ1) is 26.3. The van der Waals surface area contributed by atoms with Crippen LogP contribution < -0.4 is 19.6 Å². The standard InChI is InChI=1S/C31H27FN2O4S/c1-4-37-30(36)27-20(3)33-31-34(28(27)23-11-5-19(2)6-12-23)29(35)26(39-31)17-21-9-15-25(16-10-21)38-18-22-7-13-24(32)14-8-22/h5-17,28H,4,18H2,1-3H3/b26-17+/t28-/m1/s1. The lowest BCUT2D eigenvalue weighted by atomic mass is 9.95. The van der Waals surface area contributed by atoms with E-state index in [4.69, 9.17) is 9.47 Å². The second-order valence-electron chi connectivity index (χ2n) is 9.20. The van der Waals surface area contributed by atoms with Crippen LogP contribution in [-0.2, 0) is 16.1 Å². The lowest BCUT2D eigenvalue weighted by Gasteiger charge is -2.24. The van der Waals surface area contributed by atoms with Crippen molar-refractivity contribution >= 4 is 23.4 Å². The summed E-state index contributed by atoms with van der Waals surface area (Å²) >= 11 is 1.28. The number of benzene rings is 3. The van der Waals surface area contributed by atoms with E-state index in [1.165, 1.54) is 23.5 Å². The van der Waals surface area contributed by atoms with Gasteiger partial charge < -0.3 is 9.47 Å². The molecule has 0 amide bonds. The third kappa shape index (κ3) is 5.61. The molecular weight excluding hydrogens is 515 g/mol. The zero-order chi connectivity index (χ0) is 27.5. The first-order valence-electron chi connectivity index (χ1n) is 12.6. The van der Waals surface area contributed by atoms with Gasteiger partial charge in [-0.05, 0) is 67.8 Å². The molecule has 0 bridgehead atoms. The van der Waals surface area contributed by atoms with Crippen molar-refractivity contribution in [1.29, 1.82) is 0 Å². The highest BCUT2D eigenvalue weighted by atomic mass is 32.1. The van der Waals surface area contributed by atoms with Crippen LogP contribution in [0.4, 0.5) is 4.39 Å². The number of hydrogen-bond donors (Lipinski definition) is 0. The second-order valence-corrected chi connectivity index (χ2v) is 10.2. The number of aromatic nitrogens is 1. The molecule has 1 aliphatic rings. The molecule has 6 nitrogen and oxygen atoms in total. The quantitative estimate of drug-likeness (QED) is 0.314. The summed E-state index contributed by atoms with van der Waals surface area (Å²) in [5.74, 6) is -0.104. The van der Waals surface area contributed by atoms with Gasteiger partial charge in [0.1, 0.15) is 18.2 Å². The second kappa shape index (κ2) is 11.2. The largest absolute Gasteiger partial charge is 0.489 e. The lowest BCUT2D eigenvalue weighted by Crippen LogP contribution is -2.39. The molecule has 1 aliphatic heterocycles. The van der Waals surface area contributed by atoms with Gasteiger partial charge in [0.15, 0.2) is 4.80 Å². The van der Waals surface area contributed by atoms with Crippen molar-refractivity contribution < 1.29 is 18.7 Å². The molecule has 3 aromatic carbocycles. The van der Waals surface area contributed by atoms with E-state index in [9.17, 15) is 14.0 Å². The van der Waals surface area contributed by atoms with Crippen LogP contribution in [0.1, 0.15) is 42.1 Å². The highest BCUT2D eigenvalue weighted by molar-refractivity contribution is 7.07. The van der Waals surface area contributed by atoms with Crippen molar-refractivity contribution in [2.75, 3.05) is 6.61 Å². The number of aryl methyl sites for hydroxylation is 1. The number of carbonyl (C=O) groups is 1. The van der Waals surface area contributed by atoms with Crippen LogP contribution in [0.25, 0.3) is 6.08 Å². The molecule has 8 heteroatoms. The van der Waals surface area contributed by atoms with Gasteiger partial charge in [0.05, 0.1) is 28.5 Å². The molecule has 0 saturated heterocycles. The molecule has 1 aromatic heterocycles. The number of hydrogen-bond acceptors (Lipinski definition) is 6. The van der Waals surface area contributed by atoms with Gasteiger partial charge in [-0.1, -0.05) is 65.4 Å². The van der Waals surface area contributed by atoms with E-state index in [-0.39, 0.29) is 18.0 Å². The minimum atomic E-state index is -0.634. The molecule has 0 saturated carbocycles. The Labute approximate surface area is 229 Å². The highest BCUT2D eigenvalue weighted by Crippen LogP contribution is 2.30. The Bertz CT molecular complexity index is 1720. The first-order chi connectivity index (χ1) is 18.8. The van der Waals surface area contributed by atoms with Gasteiger partial charge in [0.25, 0.3) is 5.56 Å². The van der Waals surface area contributed by atoms with Gasteiger partial charge in [-0.25, -0.2) is 14.2 Å². The summed E-state index contributed by atoms with van der Waals surface area (Å²) in [6.07, 6.45) is 1.81. The fourth-order valence-electron chi connectivity index (χ4n) is 4.41. The average Bonchev–Trinajstić information content (AvgIpc) is 3.23. The van der Waals surface area contributed by atoms with E-state index < -0.39 is 12.0 Å². The molecule has 0 unspecified atom stereocenters. The molecule has 0 N–H and O–H groups in total. The summed E-state index contributed by atoms with van der Waals surface area (Å²) in [5, 5.41) is 0. The van der Waals surface area contributed by atoms with Crippen LogP contribution in [0.15, 0.2) is 93.9 Å². The van der Waals surface area contributed by atoms with Crippen molar-refractivity contribution in [2.45, 2.75) is 33.4 Å².